The molecule has 4 atom stereocenters. The molecule has 1 aliphatic heterocycles. The molecule has 7 heteroatoms. The largest absolute Gasteiger partial charge is 0.478 e. The van der Waals surface area contributed by atoms with Gasteiger partial charge < -0.3 is 15.3 Å². The van der Waals surface area contributed by atoms with E-state index in [1.807, 2.05) is 41.7 Å². The number of carbonyl (C=O) groups excluding carboxylic acids is 2. The third-order valence-corrected chi connectivity index (χ3v) is 6.09. The molecule has 1 saturated heterocycles. The first-order valence-electron chi connectivity index (χ1n) is 10.9. The summed E-state index contributed by atoms with van der Waals surface area (Å²) in [4.78, 5) is 41.6. The number of nitrogens with zero attached hydrogens (tertiary/aromatic N) is 2. The van der Waals surface area contributed by atoms with Crippen molar-refractivity contribution in [2.75, 3.05) is 20.6 Å². The number of hydrogen-bond acceptors (Lipinski definition) is 4. The normalized spacial score (nSPS) is 23.1. The van der Waals surface area contributed by atoms with E-state index in [4.69, 9.17) is 0 Å². The van der Waals surface area contributed by atoms with Crippen LogP contribution >= 0.6 is 0 Å². The molecule has 1 aliphatic rings. The lowest BCUT2D eigenvalue weighted by Gasteiger charge is -2.40. The summed E-state index contributed by atoms with van der Waals surface area (Å²) >= 11 is 0. The lowest BCUT2D eigenvalue weighted by Crippen LogP contribution is -2.60. The molecule has 0 aromatic rings. The fourth-order valence-corrected chi connectivity index (χ4v) is 4.16. The van der Waals surface area contributed by atoms with E-state index < -0.39 is 17.4 Å². The zero-order valence-corrected chi connectivity index (χ0v) is 20.2. The number of nitrogens with one attached hydrogen (secondary N) is 1. The predicted molar refractivity (Wildman–Crippen MR) is 119 cm³/mol. The van der Waals surface area contributed by atoms with Crippen molar-refractivity contribution >= 4 is 17.8 Å². The Hall–Kier alpha value is -1.89. The van der Waals surface area contributed by atoms with Crippen molar-refractivity contribution in [2.24, 2.45) is 17.3 Å². The number of carboxylic acids is 1. The Balaban J connectivity index is 3.15. The Bertz CT molecular complexity index is 656. The van der Waals surface area contributed by atoms with Crippen molar-refractivity contribution in [3.05, 3.63) is 11.6 Å². The van der Waals surface area contributed by atoms with Crippen LogP contribution in [0.2, 0.25) is 0 Å². The first-order valence-corrected chi connectivity index (χ1v) is 10.9. The van der Waals surface area contributed by atoms with Crippen LogP contribution in [0.4, 0.5) is 0 Å². The maximum atomic E-state index is 13.5. The van der Waals surface area contributed by atoms with Crippen molar-refractivity contribution in [2.45, 2.75) is 79.4 Å². The van der Waals surface area contributed by atoms with Gasteiger partial charge >= 0.3 is 5.97 Å². The molecule has 2 amide bonds. The first-order chi connectivity index (χ1) is 13.7. The Morgan fingerprint density at radius 1 is 1.23 bits per heavy atom. The van der Waals surface area contributed by atoms with E-state index in [2.05, 4.69) is 17.1 Å². The molecule has 7 nitrogen and oxygen atoms in total. The van der Waals surface area contributed by atoms with Crippen molar-refractivity contribution in [1.29, 1.82) is 0 Å². The molecule has 0 aromatic heterocycles. The van der Waals surface area contributed by atoms with Crippen LogP contribution in [0.3, 0.4) is 0 Å². The molecule has 4 unspecified atom stereocenters. The molecule has 0 aromatic carbocycles. The monoisotopic (exact) mass is 423 g/mol. The second-order valence-corrected chi connectivity index (χ2v) is 10.2. The average Bonchev–Trinajstić information content (AvgIpc) is 2.61. The minimum atomic E-state index is -1.00. The standard InChI is InChI=1S/C23H41N3O4/c1-14(2)17(13-16(4)22(29)30)26(9)21(28)19(23(5,6)7)24-20(27)18-15(3)11-10-12-25(18)8/h13-15,17-19H,10-12H2,1-9H3,(H,24,27)(H,29,30)/b16-13+. The fraction of sp³-hybridized carbons (Fsp3) is 0.783. The highest BCUT2D eigenvalue weighted by molar-refractivity contribution is 5.91. The van der Waals surface area contributed by atoms with Crippen LogP contribution in [0.25, 0.3) is 0 Å². The molecule has 1 fully saturated rings. The molecule has 0 radical (unpaired) electrons. The van der Waals surface area contributed by atoms with Crippen LogP contribution in [0.15, 0.2) is 11.6 Å². The average molecular weight is 424 g/mol. The van der Waals surface area contributed by atoms with Crippen LogP contribution in [-0.2, 0) is 14.4 Å². The van der Waals surface area contributed by atoms with E-state index >= 15 is 0 Å². The van der Waals surface area contributed by atoms with Gasteiger partial charge in [0, 0.05) is 12.6 Å². The molecule has 30 heavy (non-hydrogen) atoms. The van der Waals surface area contributed by atoms with Gasteiger partial charge in [-0.25, -0.2) is 4.79 Å². The molecular weight excluding hydrogens is 382 g/mol. The van der Waals surface area contributed by atoms with Gasteiger partial charge in [-0.2, -0.15) is 0 Å². The number of amides is 2. The van der Waals surface area contributed by atoms with Gasteiger partial charge in [0.25, 0.3) is 0 Å². The summed E-state index contributed by atoms with van der Waals surface area (Å²) in [5.74, 6) is -1.09. The number of rotatable bonds is 7. The number of hydrogen-bond donors (Lipinski definition) is 2. The summed E-state index contributed by atoms with van der Waals surface area (Å²) < 4.78 is 0. The minimum Gasteiger partial charge on any atom is -0.478 e. The molecule has 0 aliphatic carbocycles. The van der Waals surface area contributed by atoms with Gasteiger partial charge in [0.05, 0.1) is 12.1 Å². The van der Waals surface area contributed by atoms with E-state index in [9.17, 15) is 19.5 Å². The number of carboxylic acid groups (broad SMARTS) is 1. The zero-order valence-electron chi connectivity index (χ0n) is 20.2. The van der Waals surface area contributed by atoms with E-state index in [1.54, 1.807) is 18.0 Å². The Labute approximate surface area is 181 Å². The number of carbonyl (C=O) groups is 3. The van der Waals surface area contributed by atoms with E-state index in [1.165, 1.54) is 6.92 Å². The molecule has 1 rings (SSSR count). The van der Waals surface area contributed by atoms with Crippen LogP contribution in [0.5, 0.6) is 0 Å². The minimum absolute atomic E-state index is 0.0223. The van der Waals surface area contributed by atoms with Crippen molar-refractivity contribution < 1.29 is 19.5 Å². The van der Waals surface area contributed by atoms with Crippen LogP contribution in [0, 0.1) is 17.3 Å². The zero-order chi connectivity index (χ0) is 23.4. The van der Waals surface area contributed by atoms with Gasteiger partial charge in [-0.1, -0.05) is 47.6 Å². The van der Waals surface area contributed by atoms with Crippen molar-refractivity contribution in [3.63, 3.8) is 0 Å². The first kappa shape index (κ1) is 26.1. The summed E-state index contributed by atoms with van der Waals surface area (Å²) in [6, 6.07) is -1.35. The lowest BCUT2D eigenvalue weighted by atomic mass is 9.84. The van der Waals surface area contributed by atoms with Gasteiger partial charge in [0.1, 0.15) is 6.04 Å². The van der Waals surface area contributed by atoms with E-state index in [0.717, 1.165) is 19.4 Å². The van der Waals surface area contributed by atoms with Gasteiger partial charge in [-0.15, -0.1) is 0 Å². The Morgan fingerprint density at radius 2 is 1.80 bits per heavy atom. The summed E-state index contributed by atoms with van der Waals surface area (Å²) in [6.07, 6.45) is 3.67. The molecule has 0 bridgehead atoms. The smallest absolute Gasteiger partial charge is 0.331 e. The SMILES string of the molecule is C/C(=C\C(C(C)C)N(C)C(=O)C(NC(=O)C1C(C)CCCN1C)C(C)(C)C)C(=O)O. The number of likely N-dealkylation sites (tertiary alicyclic amines) is 1. The van der Waals surface area contributed by atoms with E-state index in [0.29, 0.717) is 0 Å². The molecule has 1 heterocycles. The van der Waals surface area contributed by atoms with Gasteiger partial charge in [0.2, 0.25) is 11.8 Å². The molecule has 2 N–H and O–H groups in total. The summed E-state index contributed by atoms with van der Waals surface area (Å²) in [6.45, 7) is 14.2. The van der Waals surface area contributed by atoms with E-state index in [-0.39, 0.29) is 41.3 Å². The lowest BCUT2D eigenvalue weighted by molar-refractivity contribution is -0.142. The molecule has 0 saturated carbocycles. The highest BCUT2D eigenvalue weighted by Crippen LogP contribution is 2.26. The number of piperidine rings is 1. The maximum absolute atomic E-state index is 13.5. The third-order valence-electron chi connectivity index (χ3n) is 6.09. The third kappa shape index (κ3) is 6.56. The fourth-order valence-electron chi connectivity index (χ4n) is 4.16. The van der Waals surface area contributed by atoms with Gasteiger partial charge in [-0.3, -0.25) is 14.5 Å². The molecule has 0 spiro atoms. The Kier molecular flexibility index (Phi) is 9.08. The number of aliphatic carboxylic acids is 1. The van der Waals surface area contributed by atoms with Crippen molar-refractivity contribution in [1.82, 2.24) is 15.1 Å². The highest BCUT2D eigenvalue weighted by Gasteiger charge is 2.40. The quantitative estimate of drug-likeness (QED) is 0.615. The molecular formula is C23H41N3O4. The van der Waals surface area contributed by atoms with Gasteiger partial charge in [-0.05, 0) is 50.6 Å². The van der Waals surface area contributed by atoms with Crippen LogP contribution in [-0.4, -0.2) is 71.5 Å². The molecule has 172 valence electrons. The summed E-state index contributed by atoms with van der Waals surface area (Å²) in [5.41, 5.74) is -0.299. The summed E-state index contributed by atoms with van der Waals surface area (Å²) in [5, 5.41) is 12.3. The topological polar surface area (TPSA) is 90.0 Å². The Morgan fingerprint density at radius 3 is 2.23 bits per heavy atom. The predicted octanol–water partition coefficient (Wildman–Crippen LogP) is 2.76. The second-order valence-electron chi connectivity index (χ2n) is 10.2. The van der Waals surface area contributed by atoms with Crippen LogP contribution < -0.4 is 5.32 Å². The second kappa shape index (κ2) is 10.4. The number of likely N-dealkylation sites (N-methyl/N-ethyl adjacent to an activating group) is 2. The van der Waals surface area contributed by atoms with Crippen molar-refractivity contribution in [3.8, 4) is 0 Å². The highest BCUT2D eigenvalue weighted by atomic mass is 16.4. The van der Waals surface area contributed by atoms with Gasteiger partial charge in [0.15, 0.2) is 0 Å². The van der Waals surface area contributed by atoms with Crippen LogP contribution in [0.1, 0.15) is 61.3 Å². The maximum Gasteiger partial charge on any atom is 0.331 e. The summed E-state index contributed by atoms with van der Waals surface area (Å²) in [7, 11) is 3.63.